The average Bonchev–Trinajstić information content (AvgIpc) is 2.04. The highest BCUT2D eigenvalue weighted by Crippen LogP contribution is 2.21. The van der Waals surface area contributed by atoms with Gasteiger partial charge in [0.25, 0.3) is 0 Å². The maximum atomic E-state index is 5.97. The zero-order chi connectivity index (χ0) is 9.90. The maximum Gasteiger partial charge on any atom is 0.119 e. The molecule has 72 valence electrons. The van der Waals surface area contributed by atoms with Crippen LogP contribution in [0, 0.1) is 0 Å². The van der Waals surface area contributed by atoms with Crippen LogP contribution < -0.4 is 10.5 Å². The van der Waals surface area contributed by atoms with Crippen LogP contribution in [0.3, 0.4) is 0 Å². The smallest absolute Gasteiger partial charge is 0.119 e. The number of rotatable bonds is 3. The molecule has 13 heavy (non-hydrogen) atoms. The van der Waals surface area contributed by atoms with E-state index in [2.05, 4.69) is 0 Å². The van der Waals surface area contributed by atoms with Crippen LogP contribution in [0.25, 0.3) is 0 Å². The second kappa shape index (κ2) is 3.79. The van der Waals surface area contributed by atoms with Crippen molar-refractivity contribution in [3.63, 3.8) is 0 Å². The van der Waals surface area contributed by atoms with Gasteiger partial charge in [-0.15, -0.1) is 0 Å². The summed E-state index contributed by atoms with van der Waals surface area (Å²) in [5.74, 6) is 0.888. The van der Waals surface area contributed by atoms with Gasteiger partial charge in [0.15, 0.2) is 0 Å². The highest BCUT2D eigenvalue weighted by Gasteiger charge is 2.13. The van der Waals surface area contributed by atoms with Gasteiger partial charge in [0.05, 0.1) is 6.61 Å². The van der Waals surface area contributed by atoms with Crippen LogP contribution in [0.15, 0.2) is 24.3 Å². The largest absolute Gasteiger partial charge is 0.494 e. The monoisotopic (exact) mass is 179 g/mol. The minimum Gasteiger partial charge on any atom is -0.494 e. The molecule has 0 spiro atoms. The Morgan fingerprint density at radius 2 is 2.08 bits per heavy atom. The molecular weight excluding hydrogens is 162 g/mol. The normalized spacial score (nSPS) is 11.4. The summed E-state index contributed by atoms with van der Waals surface area (Å²) in [6.07, 6.45) is 0. The molecule has 0 heterocycles. The van der Waals surface area contributed by atoms with Crippen molar-refractivity contribution in [1.82, 2.24) is 0 Å². The SMILES string of the molecule is CCOc1cccc(C(C)(C)N)c1. The molecule has 0 bridgehead atoms. The number of hydrogen-bond donors (Lipinski definition) is 1. The molecule has 0 atom stereocenters. The summed E-state index contributed by atoms with van der Waals surface area (Å²) in [5.41, 5.74) is 6.76. The second-order valence-electron chi connectivity index (χ2n) is 3.68. The second-order valence-corrected chi connectivity index (χ2v) is 3.68. The van der Waals surface area contributed by atoms with Gasteiger partial charge >= 0.3 is 0 Å². The average molecular weight is 179 g/mol. The van der Waals surface area contributed by atoms with Gasteiger partial charge in [0.1, 0.15) is 5.75 Å². The van der Waals surface area contributed by atoms with E-state index in [-0.39, 0.29) is 5.54 Å². The van der Waals surface area contributed by atoms with Gasteiger partial charge in [-0.05, 0) is 38.5 Å². The van der Waals surface area contributed by atoms with E-state index in [0.717, 1.165) is 11.3 Å². The van der Waals surface area contributed by atoms with E-state index in [1.165, 1.54) is 0 Å². The molecule has 0 aliphatic carbocycles. The molecule has 0 unspecified atom stereocenters. The van der Waals surface area contributed by atoms with Crippen molar-refractivity contribution >= 4 is 0 Å². The lowest BCUT2D eigenvalue weighted by Crippen LogP contribution is -2.28. The third-order valence-corrected chi connectivity index (χ3v) is 1.89. The van der Waals surface area contributed by atoms with Crippen LogP contribution in [-0.2, 0) is 5.54 Å². The van der Waals surface area contributed by atoms with Gasteiger partial charge in [-0.25, -0.2) is 0 Å². The van der Waals surface area contributed by atoms with Gasteiger partial charge in [-0.2, -0.15) is 0 Å². The molecule has 0 saturated carbocycles. The van der Waals surface area contributed by atoms with E-state index in [1.807, 2.05) is 45.0 Å². The van der Waals surface area contributed by atoms with Gasteiger partial charge in [0.2, 0.25) is 0 Å². The highest BCUT2D eigenvalue weighted by atomic mass is 16.5. The van der Waals surface area contributed by atoms with Crippen molar-refractivity contribution in [3.8, 4) is 5.75 Å². The Balaban J connectivity index is 2.92. The zero-order valence-electron chi connectivity index (χ0n) is 8.50. The highest BCUT2D eigenvalue weighted by molar-refractivity contribution is 5.32. The summed E-state index contributed by atoms with van der Waals surface area (Å²) < 4.78 is 5.39. The van der Waals surface area contributed by atoms with E-state index in [9.17, 15) is 0 Å². The van der Waals surface area contributed by atoms with Crippen molar-refractivity contribution in [2.24, 2.45) is 5.73 Å². The maximum absolute atomic E-state index is 5.97. The van der Waals surface area contributed by atoms with Crippen molar-refractivity contribution in [2.45, 2.75) is 26.3 Å². The fourth-order valence-electron chi connectivity index (χ4n) is 1.15. The first-order valence-corrected chi connectivity index (χ1v) is 4.56. The quantitative estimate of drug-likeness (QED) is 0.772. The summed E-state index contributed by atoms with van der Waals surface area (Å²) in [6.45, 7) is 6.63. The fourth-order valence-corrected chi connectivity index (χ4v) is 1.15. The van der Waals surface area contributed by atoms with E-state index in [4.69, 9.17) is 10.5 Å². The van der Waals surface area contributed by atoms with Crippen molar-refractivity contribution in [3.05, 3.63) is 29.8 Å². The molecule has 2 heteroatoms. The van der Waals surface area contributed by atoms with Gasteiger partial charge < -0.3 is 10.5 Å². The Morgan fingerprint density at radius 3 is 2.62 bits per heavy atom. The molecule has 2 nitrogen and oxygen atoms in total. The Labute approximate surface area is 79.7 Å². The molecule has 0 aliphatic heterocycles. The fraction of sp³-hybridized carbons (Fsp3) is 0.455. The summed E-state index contributed by atoms with van der Waals surface area (Å²) >= 11 is 0. The Bertz CT molecular complexity index is 276. The Morgan fingerprint density at radius 1 is 1.38 bits per heavy atom. The molecule has 1 aromatic carbocycles. The molecule has 0 amide bonds. The topological polar surface area (TPSA) is 35.2 Å². The van der Waals surface area contributed by atoms with E-state index in [1.54, 1.807) is 0 Å². The Hall–Kier alpha value is -1.02. The van der Waals surface area contributed by atoms with Crippen LogP contribution in [0.4, 0.5) is 0 Å². The molecule has 0 fully saturated rings. The number of nitrogens with two attached hydrogens (primary N) is 1. The molecule has 0 aromatic heterocycles. The molecule has 0 saturated heterocycles. The summed E-state index contributed by atoms with van der Waals surface area (Å²) in [4.78, 5) is 0. The third-order valence-electron chi connectivity index (χ3n) is 1.89. The van der Waals surface area contributed by atoms with E-state index in [0.29, 0.717) is 6.61 Å². The van der Waals surface area contributed by atoms with Crippen molar-refractivity contribution < 1.29 is 4.74 Å². The molecule has 1 aromatic rings. The molecular formula is C11H17NO. The first-order valence-electron chi connectivity index (χ1n) is 4.56. The van der Waals surface area contributed by atoms with Crippen LogP contribution in [0.5, 0.6) is 5.75 Å². The Kier molecular flexibility index (Phi) is 2.94. The third kappa shape index (κ3) is 2.74. The van der Waals surface area contributed by atoms with Crippen LogP contribution in [0.2, 0.25) is 0 Å². The zero-order valence-corrected chi connectivity index (χ0v) is 8.50. The number of benzene rings is 1. The number of ether oxygens (including phenoxy) is 1. The molecule has 0 radical (unpaired) electrons. The number of hydrogen-bond acceptors (Lipinski definition) is 2. The summed E-state index contributed by atoms with van der Waals surface area (Å²) in [5, 5.41) is 0. The van der Waals surface area contributed by atoms with Gasteiger partial charge in [0, 0.05) is 5.54 Å². The van der Waals surface area contributed by atoms with Crippen molar-refractivity contribution in [2.75, 3.05) is 6.61 Å². The van der Waals surface area contributed by atoms with Crippen LogP contribution >= 0.6 is 0 Å². The van der Waals surface area contributed by atoms with E-state index >= 15 is 0 Å². The standard InChI is InChI=1S/C11H17NO/c1-4-13-10-7-5-6-9(8-10)11(2,3)12/h5-8H,4,12H2,1-3H3. The molecule has 0 aliphatic rings. The van der Waals surface area contributed by atoms with Gasteiger partial charge in [-0.1, -0.05) is 12.1 Å². The van der Waals surface area contributed by atoms with Crippen molar-refractivity contribution in [1.29, 1.82) is 0 Å². The summed E-state index contributed by atoms with van der Waals surface area (Å²) in [6, 6.07) is 7.92. The minimum absolute atomic E-state index is 0.299. The van der Waals surface area contributed by atoms with Gasteiger partial charge in [-0.3, -0.25) is 0 Å². The van der Waals surface area contributed by atoms with Crippen LogP contribution in [-0.4, -0.2) is 6.61 Å². The lowest BCUT2D eigenvalue weighted by atomic mass is 9.96. The first-order chi connectivity index (χ1) is 6.04. The lowest BCUT2D eigenvalue weighted by molar-refractivity contribution is 0.339. The lowest BCUT2D eigenvalue weighted by Gasteiger charge is -2.19. The molecule has 1 rings (SSSR count). The summed E-state index contributed by atoms with van der Waals surface area (Å²) in [7, 11) is 0. The predicted molar refractivity (Wildman–Crippen MR) is 54.8 cm³/mol. The first kappa shape index (κ1) is 10.1. The molecule has 2 N–H and O–H groups in total. The minimum atomic E-state index is -0.299. The van der Waals surface area contributed by atoms with E-state index < -0.39 is 0 Å². The predicted octanol–water partition coefficient (Wildman–Crippen LogP) is 2.28. The van der Waals surface area contributed by atoms with Crippen LogP contribution in [0.1, 0.15) is 26.3 Å².